The Morgan fingerprint density at radius 2 is 2.00 bits per heavy atom. The van der Waals surface area contributed by atoms with Gasteiger partial charge in [-0.15, -0.1) is 11.8 Å². The number of benzene rings is 1. The molecule has 0 saturated carbocycles. The average molecular weight is 301 g/mol. The molecule has 0 radical (unpaired) electrons. The fraction of sp³-hybridized carbons (Fsp3) is 0.250. The number of urea groups is 1. The lowest BCUT2D eigenvalue weighted by Gasteiger charge is -2.15. The van der Waals surface area contributed by atoms with Gasteiger partial charge in [0.1, 0.15) is 0 Å². The number of hydrogen-bond acceptors (Lipinski definition) is 3. The Morgan fingerprint density at radius 1 is 1.24 bits per heavy atom. The Labute approximate surface area is 129 Å². The molecule has 0 aliphatic heterocycles. The van der Waals surface area contributed by atoms with Crippen molar-refractivity contribution in [3.63, 3.8) is 0 Å². The van der Waals surface area contributed by atoms with Crippen LogP contribution in [-0.4, -0.2) is 16.8 Å². The number of nitrogens with one attached hydrogen (secondary N) is 2. The van der Waals surface area contributed by atoms with Gasteiger partial charge in [0.05, 0.1) is 17.4 Å². The van der Waals surface area contributed by atoms with Crippen LogP contribution in [0, 0.1) is 0 Å². The number of rotatable bonds is 5. The third-order valence-corrected chi connectivity index (χ3v) is 3.87. The summed E-state index contributed by atoms with van der Waals surface area (Å²) in [5.41, 5.74) is 1.67. The number of para-hydroxylation sites is 1. The molecule has 2 rings (SSSR count). The minimum Gasteiger partial charge on any atom is -0.330 e. The Kier molecular flexibility index (Phi) is 5.63. The van der Waals surface area contributed by atoms with E-state index in [1.165, 1.54) is 0 Å². The summed E-state index contributed by atoms with van der Waals surface area (Å²) in [6.07, 6.45) is 1.72. The molecule has 1 unspecified atom stereocenters. The van der Waals surface area contributed by atoms with Crippen molar-refractivity contribution in [1.29, 1.82) is 0 Å². The minimum absolute atomic E-state index is 0.141. The van der Waals surface area contributed by atoms with E-state index in [0.29, 0.717) is 0 Å². The van der Waals surface area contributed by atoms with Crippen LogP contribution in [0.2, 0.25) is 0 Å². The number of hydrogen-bond donors (Lipinski definition) is 2. The molecular formula is C16H19N3OS. The molecule has 2 aromatic rings. The highest BCUT2D eigenvalue weighted by Gasteiger charge is 2.11. The van der Waals surface area contributed by atoms with Gasteiger partial charge in [-0.25, -0.2) is 4.79 Å². The predicted molar refractivity (Wildman–Crippen MR) is 87.6 cm³/mol. The van der Waals surface area contributed by atoms with E-state index < -0.39 is 0 Å². The van der Waals surface area contributed by atoms with Crippen molar-refractivity contribution in [2.45, 2.75) is 24.8 Å². The standard InChI is InChI=1S/C16H19N3OS/c1-3-21-15-10-5-4-9-14(15)19-16(20)18-12(2)13-8-6-7-11-17-13/h4-12H,3H2,1-2H3,(H2,18,19,20). The van der Waals surface area contributed by atoms with Crippen molar-refractivity contribution in [3.8, 4) is 0 Å². The summed E-state index contributed by atoms with van der Waals surface area (Å²) >= 11 is 1.70. The summed E-state index contributed by atoms with van der Waals surface area (Å²) in [5.74, 6) is 0.963. The smallest absolute Gasteiger partial charge is 0.319 e. The lowest BCUT2D eigenvalue weighted by molar-refractivity contribution is 0.249. The monoisotopic (exact) mass is 301 g/mol. The number of carbonyl (C=O) groups excluding carboxylic acids is 1. The van der Waals surface area contributed by atoms with E-state index in [2.05, 4.69) is 22.5 Å². The van der Waals surface area contributed by atoms with Gasteiger partial charge in [-0.05, 0) is 36.9 Å². The minimum atomic E-state index is -0.225. The van der Waals surface area contributed by atoms with Crippen molar-refractivity contribution in [3.05, 3.63) is 54.4 Å². The van der Waals surface area contributed by atoms with Crippen molar-refractivity contribution in [2.24, 2.45) is 0 Å². The van der Waals surface area contributed by atoms with Crippen LogP contribution in [0.4, 0.5) is 10.5 Å². The van der Waals surface area contributed by atoms with Crippen LogP contribution in [0.1, 0.15) is 25.6 Å². The van der Waals surface area contributed by atoms with Gasteiger partial charge in [0.15, 0.2) is 0 Å². The van der Waals surface area contributed by atoms with Gasteiger partial charge < -0.3 is 10.6 Å². The largest absolute Gasteiger partial charge is 0.330 e. The van der Waals surface area contributed by atoms with Crippen LogP contribution in [0.3, 0.4) is 0 Å². The molecule has 1 aromatic carbocycles. The molecule has 0 spiro atoms. The van der Waals surface area contributed by atoms with Crippen molar-refractivity contribution in [2.75, 3.05) is 11.1 Å². The third kappa shape index (κ3) is 4.49. The number of thioether (sulfide) groups is 1. The van der Waals surface area contributed by atoms with Crippen molar-refractivity contribution < 1.29 is 4.79 Å². The predicted octanol–water partition coefficient (Wildman–Crippen LogP) is 4.08. The van der Waals surface area contributed by atoms with E-state index in [4.69, 9.17) is 0 Å². The topological polar surface area (TPSA) is 54.0 Å². The van der Waals surface area contributed by atoms with Gasteiger partial charge >= 0.3 is 6.03 Å². The Balaban J connectivity index is 1.99. The lowest BCUT2D eigenvalue weighted by Crippen LogP contribution is -2.31. The zero-order valence-corrected chi connectivity index (χ0v) is 13.0. The number of aromatic nitrogens is 1. The first-order valence-corrected chi connectivity index (χ1v) is 7.89. The van der Waals surface area contributed by atoms with Gasteiger partial charge in [-0.2, -0.15) is 0 Å². The van der Waals surface area contributed by atoms with Crippen molar-refractivity contribution >= 4 is 23.5 Å². The molecule has 0 saturated heterocycles. The SMILES string of the molecule is CCSc1ccccc1NC(=O)NC(C)c1ccccn1. The zero-order chi connectivity index (χ0) is 15.1. The average Bonchev–Trinajstić information content (AvgIpc) is 2.50. The maximum Gasteiger partial charge on any atom is 0.319 e. The molecule has 1 aromatic heterocycles. The van der Waals surface area contributed by atoms with Gasteiger partial charge in [-0.1, -0.05) is 25.1 Å². The first-order valence-electron chi connectivity index (χ1n) is 6.91. The lowest BCUT2D eigenvalue weighted by atomic mass is 10.2. The van der Waals surface area contributed by atoms with E-state index in [9.17, 15) is 4.79 Å². The molecule has 1 heterocycles. The maximum atomic E-state index is 12.1. The van der Waals surface area contributed by atoms with Gasteiger partial charge in [0, 0.05) is 11.1 Å². The Morgan fingerprint density at radius 3 is 2.71 bits per heavy atom. The highest BCUT2D eigenvalue weighted by Crippen LogP contribution is 2.26. The van der Waals surface area contributed by atoms with Crippen LogP contribution in [0.25, 0.3) is 0 Å². The van der Waals surface area contributed by atoms with Crippen LogP contribution in [0.15, 0.2) is 53.6 Å². The summed E-state index contributed by atoms with van der Waals surface area (Å²) in [6, 6.07) is 13.1. The second kappa shape index (κ2) is 7.69. The van der Waals surface area contributed by atoms with E-state index in [-0.39, 0.29) is 12.1 Å². The molecule has 0 aliphatic carbocycles. The van der Waals surface area contributed by atoms with E-state index >= 15 is 0 Å². The normalized spacial score (nSPS) is 11.7. The second-order valence-corrected chi connectivity index (χ2v) is 5.81. The molecule has 1 atom stereocenters. The second-order valence-electron chi connectivity index (χ2n) is 4.50. The quantitative estimate of drug-likeness (QED) is 0.818. The van der Waals surface area contributed by atoms with E-state index in [0.717, 1.165) is 22.0 Å². The van der Waals surface area contributed by atoms with Crippen LogP contribution < -0.4 is 10.6 Å². The van der Waals surface area contributed by atoms with E-state index in [1.54, 1.807) is 18.0 Å². The molecule has 2 amide bonds. The fourth-order valence-corrected chi connectivity index (χ4v) is 2.67. The Hall–Kier alpha value is -2.01. The zero-order valence-electron chi connectivity index (χ0n) is 12.2. The fourth-order valence-electron chi connectivity index (χ4n) is 1.91. The summed E-state index contributed by atoms with van der Waals surface area (Å²) in [6.45, 7) is 4.00. The van der Waals surface area contributed by atoms with Crippen molar-refractivity contribution in [1.82, 2.24) is 10.3 Å². The molecule has 110 valence electrons. The summed E-state index contributed by atoms with van der Waals surface area (Å²) in [4.78, 5) is 17.4. The number of carbonyl (C=O) groups is 1. The molecule has 2 N–H and O–H groups in total. The van der Waals surface area contributed by atoms with E-state index in [1.807, 2.05) is 49.4 Å². The summed E-state index contributed by atoms with van der Waals surface area (Å²) in [5, 5.41) is 5.79. The first-order chi connectivity index (χ1) is 10.2. The number of amides is 2. The maximum absolute atomic E-state index is 12.1. The highest BCUT2D eigenvalue weighted by atomic mass is 32.2. The summed E-state index contributed by atoms with van der Waals surface area (Å²) in [7, 11) is 0. The van der Waals surface area contributed by atoms with Crippen LogP contribution >= 0.6 is 11.8 Å². The van der Waals surface area contributed by atoms with Gasteiger partial charge in [0.25, 0.3) is 0 Å². The third-order valence-electron chi connectivity index (χ3n) is 2.91. The molecule has 0 fully saturated rings. The van der Waals surface area contributed by atoms with Crippen LogP contribution in [-0.2, 0) is 0 Å². The molecule has 0 bridgehead atoms. The van der Waals surface area contributed by atoms with Crippen LogP contribution in [0.5, 0.6) is 0 Å². The highest BCUT2D eigenvalue weighted by molar-refractivity contribution is 7.99. The number of anilines is 1. The molecule has 4 nitrogen and oxygen atoms in total. The molecule has 21 heavy (non-hydrogen) atoms. The molecular weight excluding hydrogens is 282 g/mol. The molecule has 5 heteroatoms. The number of pyridine rings is 1. The first kappa shape index (κ1) is 15.4. The van der Waals surface area contributed by atoms with Gasteiger partial charge in [-0.3, -0.25) is 4.98 Å². The number of nitrogens with zero attached hydrogens (tertiary/aromatic N) is 1. The molecule has 0 aliphatic rings. The summed E-state index contributed by atoms with van der Waals surface area (Å²) < 4.78 is 0. The Bertz CT molecular complexity index is 589. The van der Waals surface area contributed by atoms with Gasteiger partial charge in [0.2, 0.25) is 0 Å².